The second kappa shape index (κ2) is 9.63. The molecule has 1 rings (SSSR count). The lowest BCUT2D eigenvalue weighted by Crippen LogP contribution is -2.42. The lowest BCUT2D eigenvalue weighted by atomic mass is 10.4. The Hall–Kier alpha value is -0.790. The van der Waals surface area contributed by atoms with Crippen LogP contribution in [0.4, 0.5) is 0 Å². The first-order chi connectivity index (χ1) is 11.1. The molecule has 5 N–H and O–H groups in total. The van der Waals surface area contributed by atoms with Gasteiger partial charge in [0, 0.05) is 16.0 Å². The number of carboxylic acids is 2. The molecule has 0 aliphatic rings. The monoisotopic (exact) mass is 458 g/mol. The summed E-state index contributed by atoms with van der Waals surface area (Å²) in [4.78, 5) is 21.7. The van der Waals surface area contributed by atoms with Crippen LogP contribution in [0.3, 0.4) is 0 Å². The minimum absolute atomic E-state index is 0.0532. The fraction of sp³-hybridized carbons (Fsp3) is 0.333. The molecule has 0 fully saturated rings. The van der Waals surface area contributed by atoms with Crippen LogP contribution in [0.1, 0.15) is 0 Å². The third-order valence-electron chi connectivity index (χ3n) is 2.60. The smallest absolute Gasteiger partial charge is 0.322 e. The van der Waals surface area contributed by atoms with E-state index in [0.29, 0.717) is 4.47 Å². The summed E-state index contributed by atoms with van der Waals surface area (Å²) in [6.45, 7) is 0. The topological polar surface area (TPSA) is 147 Å². The Labute approximate surface area is 155 Å². The normalized spacial score (nSPS) is 14.1. The highest BCUT2D eigenvalue weighted by Crippen LogP contribution is 2.23. The molecule has 0 aliphatic carbocycles. The van der Waals surface area contributed by atoms with Gasteiger partial charge >= 0.3 is 11.9 Å². The summed E-state index contributed by atoms with van der Waals surface area (Å²) in [5.74, 6) is -2.49. The standard InChI is InChI=1S/C12H15BrN2O6S3/c13-7-1-3-8(4-2-7)24(20,21)15-10(12(18)19)6-23-22-5-9(14)11(16)17/h1-4,9-10,15H,5-6,14H2,(H,16,17)(H,18,19)/t9-,10-/m0/s1. The SMILES string of the molecule is N[C@@H](CSSC[C@H](NS(=O)(=O)c1ccc(Br)cc1)C(=O)O)C(=O)O. The van der Waals surface area contributed by atoms with Crippen LogP contribution in [0, 0.1) is 0 Å². The van der Waals surface area contributed by atoms with Crippen molar-refractivity contribution in [2.45, 2.75) is 17.0 Å². The number of hydrogen-bond acceptors (Lipinski definition) is 7. The summed E-state index contributed by atoms with van der Waals surface area (Å²) in [6, 6.07) is 3.34. The van der Waals surface area contributed by atoms with Crippen LogP contribution in [0.2, 0.25) is 0 Å². The van der Waals surface area contributed by atoms with E-state index in [9.17, 15) is 18.0 Å². The highest BCUT2D eigenvalue weighted by Gasteiger charge is 2.25. The molecule has 0 aliphatic heterocycles. The summed E-state index contributed by atoms with van der Waals surface area (Å²) in [5, 5.41) is 17.8. The number of hydrogen-bond donors (Lipinski definition) is 4. The Bertz CT molecular complexity index is 683. The van der Waals surface area contributed by atoms with Crippen molar-refractivity contribution in [2.75, 3.05) is 11.5 Å². The van der Waals surface area contributed by atoms with Gasteiger partial charge in [0.2, 0.25) is 10.0 Å². The zero-order valence-electron chi connectivity index (χ0n) is 12.1. The van der Waals surface area contributed by atoms with Gasteiger partial charge in [-0.25, -0.2) is 8.42 Å². The first-order valence-corrected chi connectivity index (χ1v) is 11.1. The van der Waals surface area contributed by atoms with Crippen LogP contribution in [0.25, 0.3) is 0 Å². The first kappa shape index (κ1) is 21.3. The number of sulfonamides is 1. The molecule has 0 spiro atoms. The molecule has 0 radical (unpaired) electrons. The van der Waals surface area contributed by atoms with Crippen molar-refractivity contribution >= 4 is 59.5 Å². The number of aliphatic carboxylic acids is 2. The molecule has 0 saturated heterocycles. The first-order valence-electron chi connectivity index (χ1n) is 6.37. The van der Waals surface area contributed by atoms with E-state index in [4.69, 9.17) is 15.9 Å². The summed E-state index contributed by atoms with van der Waals surface area (Å²) in [5.41, 5.74) is 5.32. The maximum absolute atomic E-state index is 12.2. The maximum atomic E-state index is 12.2. The molecule has 12 heteroatoms. The third kappa shape index (κ3) is 6.99. The van der Waals surface area contributed by atoms with Crippen molar-refractivity contribution < 1.29 is 28.2 Å². The van der Waals surface area contributed by atoms with Gasteiger partial charge in [0.05, 0.1) is 4.90 Å². The van der Waals surface area contributed by atoms with Crippen LogP contribution >= 0.6 is 37.5 Å². The third-order valence-corrected chi connectivity index (χ3v) is 7.07. The average molecular weight is 459 g/mol. The van der Waals surface area contributed by atoms with E-state index in [1.807, 2.05) is 0 Å². The van der Waals surface area contributed by atoms with Gasteiger partial charge in [0.25, 0.3) is 0 Å². The molecule has 0 unspecified atom stereocenters. The second-order valence-corrected chi connectivity index (χ2v) is 9.66. The summed E-state index contributed by atoms with van der Waals surface area (Å²) in [7, 11) is -1.88. The van der Waals surface area contributed by atoms with Gasteiger partial charge < -0.3 is 15.9 Å². The zero-order valence-corrected chi connectivity index (χ0v) is 16.1. The molecule has 134 valence electrons. The van der Waals surface area contributed by atoms with Crippen LogP contribution in [0.15, 0.2) is 33.6 Å². The number of nitrogens with two attached hydrogens (primary N) is 1. The average Bonchev–Trinajstić information content (AvgIpc) is 2.50. The quantitative estimate of drug-likeness (QED) is 0.297. The molecule has 8 nitrogen and oxygen atoms in total. The van der Waals surface area contributed by atoms with Crippen molar-refractivity contribution in [2.24, 2.45) is 5.73 Å². The van der Waals surface area contributed by atoms with E-state index in [-0.39, 0.29) is 16.4 Å². The molecule has 0 bridgehead atoms. The van der Waals surface area contributed by atoms with Crippen LogP contribution < -0.4 is 10.5 Å². The molecule has 24 heavy (non-hydrogen) atoms. The molecule has 0 heterocycles. The van der Waals surface area contributed by atoms with E-state index >= 15 is 0 Å². The second-order valence-electron chi connectivity index (χ2n) is 4.48. The van der Waals surface area contributed by atoms with Gasteiger partial charge in [0.1, 0.15) is 12.1 Å². The fourth-order valence-electron chi connectivity index (χ4n) is 1.33. The van der Waals surface area contributed by atoms with E-state index in [1.165, 1.54) is 24.3 Å². The maximum Gasteiger partial charge on any atom is 0.322 e. The van der Waals surface area contributed by atoms with E-state index < -0.39 is 34.0 Å². The number of carboxylic acid groups (broad SMARTS) is 2. The van der Waals surface area contributed by atoms with Crippen molar-refractivity contribution in [3.63, 3.8) is 0 Å². The largest absolute Gasteiger partial charge is 0.480 e. The van der Waals surface area contributed by atoms with Gasteiger partial charge in [-0.05, 0) is 24.3 Å². The number of halogens is 1. The predicted molar refractivity (Wildman–Crippen MR) is 96.4 cm³/mol. The number of carbonyl (C=O) groups is 2. The number of rotatable bonds is 10. The van der Waals surface area contributed by atoms with E-state index in [0.717, 1.165) is 21.6 Å². The molecule has 2 atom stereocenters. The minimum Gasteiger partial charge on any atom is -0.480 e. The van der Waals surface area contributed by atoms with Gasteiger partial charge in [-0.15, -0.1) is 0 Å². The van der Waals surface area contributed by atoms with E-state index in [2.05, 4.69) is 20.7 Å². The molecular formula is C12H15BrN2O6S3. The van der Waals surface area contributed by atoms with Crippen molar-refractivity contribution in [1.29, 1.82) is 0 Å². The highest BCUT2D eigenvalue weighted by molar-refractivity contribution is 9.10. The highest BCUT2D eigenvalue weighted by atomic mass is 79.9. The zero-order chi connectivity index (χ0) is 18.3. The van der Waals surface area contributed by atoms with Crippen LogP contribution in [-0.2, 0) is 19.6 Å². The van der Waals surface area contributed by atoms with Crippen molar-refractivity contribution in [3.8, 4) is 0 Å². The molecule has 1 aromatic rings. The van der Waals surface area contributed by atoms with E-state index in [1.54, 1.807) is 0 Å². The van der Waals surface area contributed by atoms with Gasteiger partial charge in [-0.3, -0.25) is 9.59 Å². The Balaban J connectivity index is 2.64. The van der Waals surface area contributed by atoms with Gasteiger partial charge in [0.15, 0.2) is 0 Å². The summed E-state index contributed by atoms with van der Waals surface area (Å²) in [6.07, 6.45) is 0. The van der Waals surface area contributed by atoms with Crippen LogP contribution in [-0.4, -0.2) is 54.2 Å². The lowest BCUT2D eigenvalue weighted by Gasteiger charge is -2.14. The van der Waals surface area contributed by atoms with Gasteiger partial charge in [-0.1, -0.05) is 37.5 Å². The lowest BCUT2D eigenvalue weighted by molar-refractivity contribution is -0.139. The van der Waals surface area contributed by atoms with Crippen molar-refractivity contribution in [3.05, 3.63) is 28.7 Å². The van der Waals surface area contributed by atoms with Crippen molar-refractivity contribution in [1.82, 2.24) is 4.72 Å². The number of benzene rings is 1. The minimum atomic E-state index is -3.98. The Morgan fingerprint density at radius 2 is 1.67 bits per heavy atom. The Morgan fingerprint density at radius 1 is 1.12 bits per heavy atom. The molecule has 0 saturated carbocycles. The fourth-order valence-corrected chi connectivity index (χ4v) is 5.16. The predicted octanol–water partition coefficient (Wildman–Crippen LogP) is 0.974. The molecular weight excluding hydrogens is 444 g/mol. The number of nitrogens with one attached hydrogen (secondary N) is 1. The van der Waals surface area contributed by atoms with Gasteiger partial charge in [-0.2, -0.15) is 4.72 Å². The molecule has 0 aromatic heterocycles. The molecule has 1 aromatic carbocycles. The summed E-state index contributed by atoms with van der Waals surface area (Å²) >= 11 is 3.18. The summed E-state index contributed by atoms with van der Waals surface area (Å²) < 4.78 is 27.2. The Morgan fingerprint density at radius 3 is 2.17 bits per heavy atom. The molecule has 0 amide bonds. The Kier molecular flexibility index (Phi) is 8.53. The van der Waals surface area contributed by atoms with Crippen LogP contribution in [0.5, 0.6) is 0 Å².